The number of aromatic hydroxyl groups is 1. The number of likely N-dealkylation sites (tertiary alicyclic amines) is 1. The zero-order chi connectivity index (χ0) is 31.5. The summed E-state index contributed by atoms with van der Waals surface area (Å²) in [5.74, 6) is 3.92. The number of hydrazine groups is 1. The van der Waals surface area contributed by atoms with E-state index in [2.05, 4.69) is 21.1 Å². The van der Waals surface area contributed by atoms with Crippen LogP contribution in [0.4, 0.5) is 0 Å². The minimum atomic E-state index is -1.43. The lowest BCUT2D eigenvalue weighted by Gasteiger charge is -2.37. The van der Waals surface area contributed by atoms with E-state index in [9.17, 15) is 29.7 Å². The Morgan fingerprint density at radius 2 is 1.73 bits per heavy atom. The first-order valence-corrected chi connectivity index (χ1v) is 15.3. The molecule has 0 aromatic heterocycles. The van der Waals surface area contributed by atoms with E-state index in [4.69, 9.17) is 5.84 Å². The van der Waals surface area contributed by atoms with Crippen molar-refractivity contribution in [2.24, 2.45) is 16.8 Å². The van der Waals surface area contributed by atoms with E-state index in [1.54, 1.807) is 17.0 Å². The second kappa shape index (κ2) is 16.2. The number of phenols is 1. The number of nitrogens with one attached hydrogen (secondary N) is 3. The highest BCUT2D eigenvalue weighted by Crippen LogP contribution is 2.40. The number of carbonyl (C=O) groups excluding carboxylic acids is 3. The van der Waals surface area contributed by atoms with Crippen LogP contribution in [0.2, 0.25) is 0 Å². The molecule has 0 unspecified atom stereocenters. The van der Waals surface area contributed by atoms with E-state index in [0.29, 0.717) is 50.8 Å². The Balaban J connectivity index is 1.51. The highest BCUT2D eigenvalue weighted by molar-refractivity contribution is 5.94. The Bertz CT molecular complexity index is 1260. The van der Waals surface area contributed by atoms with Crippen molar-refractivity contribution in [2.45, 2.75) is 81.7 Å². The van der Waals surface area contributed by atoms with Gasteiger partial charge in [-0.2, -0.15) is 0 Å². The number of hydrogen-bond acceptors (Lipinski definition) is 8. The number of nitrogens with zero attached hydrogens (tertiary/aromatic N) is 2. The molecule has 2 aromatic rings. The average Bonchev–Trinajstić information content (AvgIpc) is 3.40. The second-order valence-electron chi connectivity index (χ2n) is 11.6. The largest absolute Gasteiger partial charge is 0.508 e. The molecule has 0 spiro atoms. The quantitative estimate of drug-likeness (QED) is 0.0532. The monoisotopic (exact) mass is 608 g/mol. The van der Waals surface area contributed by atoms with E-state index in [-0.39, 0.29) is 36.5 Å². The third-order valence-corrected chi connectivity index (χ3v) is 8.45. The molecule has 2 aliphatic rings. The summed E-state index contributed by atoms with van der Waals surface area (Å²) in [6, 6.07) is 13.3. The first kappa shape index (κ1) is 32.9. The van der Waals surface area contributed by atoms with Gasteiger partial charge in [-0.25, -0.2) is 5.84 Å². The van der Waals surface area contributed by atoms with E-state index in [0.717, 1.165) is 12.0 Å². The molecular formula is C32H44N6O6. The van der Waals surface area contributed by atoms with Gasteiger partial charge in [-0.05, 0) is 67.7 Å². The van der Waals surface area contributed by atoms with Gasteiger partial charge in [0.25, 0.3) is 0 Å². The zero-order valence-corrected chi connectivity index (χ0v) is 24.8. The van der Waals surface area contributed by atoms with Gasteiger partial charge in [0.15, 0.2) is 0 Å². The van der Waals surface area contributed by atoms with Gasteiger partial charge in [0.1, 0.15) is 23.9 Å². The van der Waals surface area contributed by atoms with Crippen LogP contribution < -0.4 is 21.9 Å². The normalized spacial score (nSPS) is 22.7. The Labute approximate surface area is 257 Å². The van der Waals surface area contributed by atoms with Crippen LogP contribution in [0.3, 0.4) is 0 Å². The van der Waals surface area contributed by atoms with Crippen LogP contribution in [-0.2, 0) is 27.2 Å². The summed E-state index contributed by atoms with van der Waals surface area (Å²) in [7, 11) is 0. The molecule has 1 saturated heterocycles. The van der Waals surface area contributed by atoms with E-state index in [1.165, 1.54) is 18.5 Å². The predicted molar refractivity (Wildman–Crippen MR) is 165 cm³/mol. The van der Waals surface area contributed by atoms with Crippen molar-refractivity contribution in [1.29, 1.82) is 0 Å². The SMILES string of the molecule is NNC=NCCCCNC(=O)[C@@H]1C[C@@H]2CC[C@@H](O)C[C@@H]2N1C(=O)[C@H](Cc1ccccc1)NC(=O)[C@@H](O)Cc1ccc(O)cc1. The molecule has 4 rings (SSSR count). The molecule has 1 heterocycles. The number of aliphatic hydroxyl groups is 2. The molecular weight excluding hydrogens is 564 g/mol. The fourth-order valence-corrected chi connectivity index (χ4v) is 6.21. The van der Waals surface area contributed by atoms with Gasteiger partial charge >= 0.3 is 0 Å². The molecule has 1 aliphatic heterocycles. The van der Waals surface area contributed by atoms with Gasteiger partial charge < -0.3 is 36.3 Å². The lowest BCUT2D eigenvalue weighted by atomic mass is 9.83. The highest BCUT2D eigenvalue weighted by Gasteiger charge is 2.50. The lowest BCUT2D eigenvalue weighted by Crippen LogP contribution is -2.58. The van der Waals surface area contributed by atoms with Crippen molar-refractivity contribution in [3.8, 4) is 5.75 Å². The Kier molecular flexibility index (Phi) is 12.1. The number of amides is 3. The highest BCUT2D eigenvalue weighted by atomic mass is 16.3. The molecule has 0 bridgehead atoms. The first-order valence-electron chi connectivity index (χ1n) is 15.3. The van der Waals surface area contributed by atoms with Crippen LogP contribution in [-0.4, -0.2) is 87.7 Å². The molecule has 0 radical (unpaired) electrons. The molecule has 12 nitrogen and oxygen atoms in total. The van der Waals surface area contributed by atoms with Gasteiger partial charge in [-0.15, -0.1) is 0 Å². The smallest absolute Gasteiger partial charge is 0.249 e. The zero-order valence-electron chi connectivity index (χ0n) is 24.8. The molecule has 1 saturated carbocycles. The number of phenolic OH excluding ortho intramolecular Hbond substituents is 1. The van der Waals surface area contributed by atoms with Crippen LogP contribution in [0.25, 0.3) is 0 Å². The number of nitrogens with two attached hydrogens (primary N) is 1. The van der Waals surface area contributed by atoms with Crippen molar-refractivity contribution >= 4 is 24.1 Å². The Morgan fingerprint density at radius 3 is 2.45 bits per heavy atom. The maximum Gasteiger partial charge on any atom is 0.249 e. The summed E-state index contributed by atoms with van der Waals surface area (Å²) in [4.78, 5) is 46.7. The summed E-state index contributed by atoms with van der Waals surface area (Å²) in [6.07, 6.45) is 3.18. The maximum absolute atomic E-state index is 14.4. The fraction of sp³-hybridized carbons (Fsp3) is 0.500. The third kappa shape index (κ3) is 9.01. The van der Waals surface area contributed by atoms with Crippen LogP contribution >= 0.6 is 0 Å². The predicted octanol–water partition coefficient (Wildman–Crippen LogP) is 0.542. The second-order valence-corrected chi connectivity index (χ2v) is 11.6. The number of carbonyl (C=O) groups is 3. The summed E-state index contributed by atoms with van der Waals surface area (Å²) >= 11 is 0. The molecule has 8 N–H and O–H groups in total. The molecule has 2 fully saturated rings. The van der Waals surface area contributed by atoms with Crippen LogP contribution in [0, 0.1) is 5.92 Å². The number of unbranched alkanes of at least 4 members (excludes halogenated alkanes) is 1. The van der Waals surface area contributed by atoms with Crippen LogP contribution in [0.15, 0.2) is 59.6 Å². The van der Waals surface area contributed by atoms with E-state index >= 15 is 0 Å². The summed E-state index contributed by atoms with van der Waals surface area (Å²) in [5.41, 5.74) is 3.81. The molecule has 238 valence electrons. The first-order chi connectivity index (χ1) is 21.3. The average molecular weight is 609 g/mol. The third-order valence-electron chi connectivity index (χ3n) is 8.45. The standard InChI is InChI=1S/C32H44N6O6/c33-36-20-34-14-4-5-15-35-30(42)28-18-23-10-13-25(40)19-27(23)38(28)32(44)26(16-21-6-2-1-3-7-21)37-31(43)29(41)17-22-8-11-24(39)12-9-22/h1-3,6-9,11-12,20,23,25-29,39-41H,4-5,10,13-19,33H2,(H,34,36)(H,35,42)(H,37,43)/t23-,25+,26-,27-,28-,29-/m0/s1. The lowest BCUT2D eigenvalue weighted by molar-refractivity contribution is -0.145. The molecule has 44 heavy (non-hydrogen) atoms. The van der Waals surface area contributed by atoms with Gasteiger partial charge in [0.05, 0.1) is 12.4 Å². The van der Waals surface area contributed by atoms with Crippen molar-refractivity contribution in [1.82, 2.24) is 21.0 Å². The van der Waals surface area contributed by atoms with Crippen LogP contribution in [0.1, 0.15) is 49.7 Å². The number of benzene rings is 2. The van der Waals surface area contributed by atoms with Crippen molar-refractivity contribution in [3.05, 3.63) is 65.7 Å². The topological polar surface area (TPSA) is 190 Å². The summed E-state index contributed by atoms with van der Waals surface area (Å²) < 4.78 is 0. The Morgan fingerprint density at radius 1 is 1.00 bits per heavy atom. The fourth-order valence-electron chi connectivity index (χ4n) is 6.21. The maximum atomic E-state index is 14.4. The minimum Gasteiger partial charge on any atom is -0.508 e. The number of aliphatic imine (C=N–C) groups is 1. The molecule has 1 aliphatic carbocycles. The molecule has 6 atom stereocenters. The van der Waals surface area contributed by atoms with Crippen molar-refractivity contribution in [3.63, 3.8) is 0 Å². The Hall–Kier alpha value is -4.00. The van der Waals surface area contributed by atoms with Gasteiger partial charge in [-0.1, -0.05) is 42.5 Å². The van der Waals surface area contributed by atoms with E-state index < -0.39 is 36.1 Å². The van der Waals surface area contributed by atoms with Gasteiger partial charge in [-0.3, -0.25) is 19.4 Å². The number of fused-ring (bicyclic) bond motifs is 1. The number of aliphatic hydroxyl groups excluding tert-OH is 2. The minimum absolute atomic E-state index is 0.00194. The summed E-state index contributed by atoms with van der Waals surface area (Å²) in [5, 5.41) is 36.5. The molecule has 2 aromatic carbocycles. The van der Waals surface area contributed by atoms with Crippen molar-refractivity contribution < 1.29 is 29.7 Å². The van der Waals surface area contributed by atoms with Crippen LogP contribution in [0.5, 0.6) is 5.75 Å². The molecule has 12 heteroatoms. The van der Waals surface area contributed by atoms with Crippen molar-refractivity contribution in [2.75, 3.05) is 13.1 Å². The van der Waals surface area contributed by atoms with Gasteiger partial charge in [0, 0.05) is 32.0 Å². The van der Waals surface area contributed by atoms with E-state index in [1.807, 2.05) is 30.3 Å². The number of rotatable bonds is 14. The molecule has 3 amide bonds. The number of hydrogen-bond donors (Lipinski definition) is 7. The summed E-state index contributed by atoms with van der Waals surface area (Å²) in [6.45, 7) is 0.990. The van der Waals surface area contributed by atoms with Gasteiger partial charge in [0.2, 0.25) is 17.7 Å².